The Hall–Kier alpha value is -2.49. The number of carboxylic acids is 2. The van der Waals surface area contributed by atoms with Gasteiger partial charge in [0.05, 0.1) is 35.7 Å². The Labute approximate surface area is 141 Å². The van der Waals surface area contributed by atoms with Gasteiger partial charge in [0.2, 0.25) is 0 Å². The zero-order valence-electron chi connectivity index (χ0n) is 12.2. The summed E-state index contributed by atoms with van der Waals surface area (Å²) in [6.07, 6.45) is 5.10. The molecule has 0 aliphatic carbocycles. The SMILES string of the molecule is Cc1cnc(C(=O)[O-])cn1.Cc1cnc(C(=O)[O-])cn1.[Ni+2].[OH3+].[OH3+]. The molecule has 2 aromatic heterocycles. The topological polar surface area (TPSA) is 198 Å². The molecule has 6 N–H and O–H groups in total. The van der Waals surface area contributed by atoms with Crippen molar-refractivity contribution in [3.05, 3.63) is 47.6 Å². The zero-order chi connectivity index (χ0) is 15.1. The van der Waals surface area contributed by atoms with Crippen molar-refractivity contribution in [2.45, 2.75) is 13.8 Å². The number of nitrogens with zero attached hydrogens (tertiary/aromatic N) is 4. The van der Waals surface area contributed by atoms with E-state index in [1.54, 1.807) is 13.8 Å². The molecule has 0 atom stereocenters. The third kappa shape index (κ3) is 9.19. The molecule has 0 unspecified atom stereocenters. The van der Waals surface area contributed by atoms with Gasteiger partial charge >= 0.3 is 16.5 Å². The quantitative estimate of drug-likeness (QED) is 0.381. The van der Waals surface area contributed by atoms with E-state index in [9.17, 15) is 19.8 Å². The average Bonchev–Trinajstić information content (AvgIpc) is 2.40. The van der Waals surface area contributed by atoms with E-state index in [1.807, 2.05) is 0 Å². The van der Waals surface area contributed by atoms with Crippen LogP contribution in [0, 0.1) is 13.8 Å². The first kappa shape index (κ1) is 25.5. The summed E-state index contributed by atoms with van der Waals surface area (Å²) in [7, 11) is 0. The molecular weight excluding hydrogens is 355 g/mol. The molecule has 23 heavy (non-hydrogen) atoms. The second-order valence-corrected chi connectivity index (χ2v) is 3.66. The third-order valence-electron chi connectivity index (χ3n) is 1.98. The van der Waals surface area contributed by atoms with E-state index in [4.69, 9.17) is 0 Å². The van der Waals surface area contributed by atoms with Gasteiger partial charge in [-0.25, -0.2) is 0 Å². The van der Waals surface area contributed by atoms with E-state index < -0.39 is 11.9 Å². The number of hydrogen-bond donors (Lipinski definition) is 0. The Balaban J connectivity index is -0.000000308. The van der Waals surface area contributed by atoms with Crippen LogP contribution < -0.4 is 10.2 Å². The van der Waals surface area contributed by atoms with Gasteiger partial charge in [0, 0.05) is 12.4 Å². The van der Waals surface area contributed by atoms with Crippen LogP contribution in [0.3, 0.4) is 0 Å². The molecule has 0 aliphatic heterocycles. The van der Waals surface area contributed by atoms with Crippen molar-refractivity contribution in [3.63, 3.8) is 0 Å². The number of carboxylic acid groups (broad SMARTS) is 2. The van der Waals surface area contributed by atoms with Gasteiger partial charge in [0.15, 0.2) is 0 Å². The van der Waals surface area contributed by atoms with Crippen LogP contribution in [0.1, 0.15) is 32.4 Å². The molecule has 0 saturated carbocycles. The van der Waals surface area contributed by atoms with Gasteiger partial charge in [-0.05, 0) is 13.8 Å². The van der Waals surface area contributed by atoms with Gasteiger partial charge in [0.1, 0.15) is 11.4 Å². The zero-order valence-corrected chi connectivity index (χ0v) is 13.2. The number of aromatic carboxylic acids is 2. The molecule has 2 rings (SSSR count). The number of aromatic nitrogens is 4. The summed E-state index contributed by atoms with van der Waals surface area (Å²) in [5, 5.41) is 20.2. The molecule has 0 bridgehead atoms. The molecule has 0 spiro atoms. The van der Waals surface area contributed by atoms with E-state index in [2.05, 4.69) is 19.9 Å². The van der Waals surface area contributed by atoms with Crippen LogP contribution in [0.4, 0.5) is 0 Å². The van der Waals surface area contributed by atoms with E-state index in [-0.39, 0.29) is 38.8 Å². The summed E-state index contributed by atoms with van der Waals surface area (Å²) in [5.41, 5.74) is 1.10. The Morgan fingerprint density at radius 3 is 1.22 bits per heavy atom. The van der Waals surface area contributed by atoms with Crippen LogP contribution in [0.5, 0.6) is 0 Å². The van der Waals surface area contributed by atoms with Crippen LogP contribution in [0.25, 0.3) is 0 Å². The predicted octanol–water partition coefficient (Wildman–Crippen LogP) is -3.55. The van der Waals surface area contributed by atoms with Crippen LogP contribution in [0.2, 0.25) is 0 Å². The number of carbonyl (C=O) groups is 2. The minimum Gasteiger partial charge on any atom is -0.543 e. The maximum Gasteiger partial charge on any atom is 2.00 e. The first-order valence-corrected chi connectivity index (χ1v) is 5.40. The predicted molar refractivity (Wildman–Crippen MR) is 71.9 cm³/mol. The largest absolute Gasteiger partial charge is 2.00 e. The van der Waals surface area contributed by atoms with E-state index in [0.29, 0.717) is 11.4 Å². The molecular formula is C12H16N4NiO6+2. The summed E-state index contributed by atoms with van der Waals surface area (Å²) >= 11 is 0. The van der Waals surface area contributed by atoms with Crippen molar-refractivity contribution in [2.75, 3.05) is 0 Å². The summed E-state index contributed by atoms with van der Waals surface area (Å²) in [6.45, 7) is 3.46. The molecule has 2 aromatic rings. The Morgan fingerprint density at radius 2 is 1.04 bits per heavy atom. The normalized spacial score (nSPS) is 8.09. The minimum absolute atomic E-state index is 0. The molecule has 11 heteroatoms. The molecule has 0 radical (unpaired) electrons. The van der Waals surface area contributed by atoms with Crippen molar-refractivity contribution in [2.24, 2.45) is 0 Å². The third-order valence-corrected chi connectivity index (χ3v) is 1.98. The molecule has 2 heterocycles. The average molecular weight is 371 g/mol. The van der Waals surface area contributed by atoms with Crippen molar-refractivity contribution >= 4 is 11.9 Å². The van der Waals surface area contributed by atoms with Gasteiger partial charge in [0.25, 0.3) is 0 Å². The fraction of sp³-hybridized carbons (Fsp3) is 0.167. The van der Waals surface area contributed by atoms with Crippen LogP contribution in [0.15, 0.2) is 24.8 Å². The van der Waals surface area contributed by atoms with E-state index in [1.165, 1.54) is 24.8 Å². The standard InChI is InChI=1S/2C6H6N2O2.Ni.2H2O/c2*1-4-2-8-5(3-7-4)6(9)10;;;/h2*2-3H,1H3,(H,9,10);;2*1H2/q;;+2;;. The van der Waals surface area contributed by atoms with Crippen molar-refractivity contribution in [1.29, 1.82) is 0 Å². The molecule has 0 fully saturated rings. The number of hydrogen-bond acceptors (Lipinski definition) is 8. The number of carbonyl (C=O) groups excluding carboxylic acids is 2. The smallest absolute Gasteiger partial charge is 0.543 e. The van der Waals surface area contributed by atoms with Crippen molar-refractivity contribution < 1.29 is 47.2 Å². The van der Waals surface area contributed by atoms with E-state index >= 15 is 0 Å². The van der Waals surface area contributed by atoms with Gasteiger partial charge in [-0.2, -0.15) is 0 Å². The van der Waals surface area contributed by atoms with Crippen LogP contribution >= 0.6 is 0 Å². The molecule has 0 saturated heterocycles. The maximum absolute atomic E-state index is 10.1. The van der Waals surface area contributed by atoms with Gasteiger partial charge in [-0.3, -0.25) is 19.9 Å². The molecule has 128 valence electrons. The molecule has 10 nitrogen and oxygen atoms in total. The molecule has 0 aromatic carbocycles. The summed E-state index contributed by atoms with van der Waals surface area (Å²) in [6, 6.07) is 0. The summed E-state index contributed by atoms with van der Waals surface area (Å²) in [4.78, 5) is 34.7. The first-order chi connectivity index (χ1) is 9.40. The van der Waals surface area contributed by atoms with Crippen LogP contribution in [-0.4, -0.2) is 31.9 Å². The van der Waals surface area contributed by atoms with Crippen molar-refractivity contribution in [1.82, 2.24) is 19.9 Å². The Morgan fingerprint density at radius 1 is 0.739 bits per heavy atom. The second kappa shape index (κ2) is 12.1. The summed E-state index contributed by atoms with van der Waals surface area (Å²) < 4.78 is 0. The van der Waals surface area contributed by atoms with E-state index in [0.717, 1.165) is 0 Å². The fourth-order valence-electron chi connectivity index (χ4n) is 0.996. The summed E-state index contributed by atoms with van der Waals surface area (Å²) in [5.74, 6) is -2.60. The fourth-order valence-corrected chi connectivity index (χ4v) is 0.996. The monoisotopic (exact) mass is 370 g/mol. The van der Waals surface area contributed by atoms with Crippen molar-refractivity contribution in [3.8, 4) is 0 Å². The van der Waals surface area contributed by atoms with Gasteiger partial charge in [-0.1, -0.05) is 0 Å². The number of aryl methyl sites for hydroxylation is 2. The molecule has 0 aliphatic rings. The van der Waals surface area contributed by atoms with Crippen LogP contribution in [-0.2, 0) is 27.4 Å². The number of rotatable bonds is 2. The Kier molecular flexibility index (Phi) is 13.4. The minimum atomic E-state index is -1.30. The first-order valence-electron chi connectivity index (χ1n) is 5.40. The Bertz CT molecular complexity index is 550. The van der Waals surface area contributed by atoms with Gasteiger partial charge < -0.3 is 30.8 Å². The maximum atomic E-state index is 10.1. The molecule has 0 amide bonds. The second-order valence-electron chi connectivity index (χ2n) is 3.66. The van der Waals surface area contributed by atoms with Gasteiger partial charge in [-0.15, -0.1) is 0 Å².